The standard InChI is InChI=1S/C15H18ClNO2/c1-15-7-6-11(17-15)8-12(13(15)14(18)19)9-2-4-10(16)5-3-9/h2-5,11-13,17H,6-8H2,1H3,(H,18,19)/t11-,12-,13?,15-/m1/s1. The summed E-state index contributed by atoms with van der Waals surface area (Å²) in [5.41, 5.74) is 0.815. The number of piperidine rings is 1. The molecule has 1 aromatic rings. The first kappa shape index (κ1) is 12.9. The average molecular weight is 280 g/mol. The zero-order valence-electron chi connectivity index (χ0n) is 10.9. The zero-order valence-corrected chi connectivity index (χ0v) is 11.7. The first-order valence-electron chi connectivity index (χ1n) is 6.75. The lowest BCUT2D eigenvalue weighted by molar-refractivity contribution is -0.146. The third-order valence-corrected chi connectivity index (χ3v) is 4.99. The van der Waals surface area contributed by atoms with E-state index in [0.717, 1.165) is 24.8 Å². The van der Waals surface area contributed by atoms with E-state index in [1.54, 1.807) is 0 Å². The van der Waals surface area contributed by atoms with Crippen molar-refractivity contribution in [2.24, 2.45) is 5.92 Å². The normalized spacial score (nSPS) is 37.3. The molecule has 2 heterocycles. The van der Waals surface area contributed by atoms with Gasteiger partial charge in [0, 0.05) is 22.5 Å². The summed E-state index contributed by atoms with van der Waals surface area (Å²) in [5, 5.41) is 13.8. The van der Waals surface area contributed by atoms with Crippen LogP contribution >= 0.6 is 11.6 Å². The molecule has 2 saturated heterocycles. The fraction of sp³-hybridized carbons (Fsp3) is 0.533. The second-order valence-electron chi connectivity index (χ2n) is 6.01. The van der Waals surface area contributed by atoms with Gasteiger partial charge in [0.2, 0.25) is 0 Å². The van der Waals surface area contributed by atoms with Crippen molar-refractivity contribution in [3.8, 4) is 0 Å². The molecule has 3 nitrogen and oxygen atoms in total. The van der Waals surface area contributed by atoms with Crippen LogP contribution in [-0.2, 0) is 4.79 Å². The molecule has 0 aromatic heterocycles. The first-order valence-corrected chi connectivity index (χ1v) is 7.13. The van der Waals surface area contributed by atoms with E-state index in [9.17, 15) is 9.90 Å². The Balaban J connectivity index is 1.99. The van der Waals surface area contributed by atoms with Gasteiger partial charge in [-0.05, 0) is 43.9 Å². The molecule has 4 atom stereocenters. The van der Waals surface area contributed by atoms with Crippen LogP contribution in [0.4, 0.5) is 0 Å². The van der Waals surface area contributed by atoms with Crippen LogP contribution in [0.1, 0.15) is 37.7 Å². The molecule has 2 aliphatic rings. The maximum atomic E-state index is 11.7. The lowest BCUT2D eigenvalue weighted by atomic mass is 9.70. The Bertz CT molecular complexity index is 501. The van der Waals surface area contributed by atoms with E-state index in [1.165, 1.54) is 0 Å². The summed E-state index contributed by atoms with van der Waals surface area (Å²) in [6.45, 7) is 2.05. The largest absolute Gasteiger partial charge is 0.481 e. The van der Waals surface area contributed by atoms with Gasteiger partial charge < -0.3 is 10.4 Å². The highest BCUT2D eigenvalue weighted by Gasteiger charge is 2.53. The monoisotopic (exact) mass is 279 g/mol. The van der Waals surface area contributed by atoms with Gasteiger partial charge >= 0.3 is 5.97 Å². The number of fused-ring (bicyclic) bond motifs is 2. The van der Waals surface area contributed by atoms with Crippen molar-refractivity contribution in [1.29, 1.82) is 0 Å². The minimum absolute atomic E-state index is 0.0773. The minimum Gasteiger partial charge on any atom is -0.481 e. The fourth-order valence-corrected chi connectivity index (χ4v) is 4.00. The Morgan fingerprint density at radius 2 is 2.11 bits per heavy atom. The molecule has 0 amide bonds. The molecular formula is C15H18ClNO2. The van der Waals surface area contributed by atoms with Gasteiger partial charge in [0.05, 0.1) is 5.92 Å². The molecule has 0 aliphatic carbocycles. The van der Waals surface area contributed by atoms with E-state index in [4.69, 9.17) is 11.6 Å². The smallest absolute Gasteiger partial charge is 0.308 e. The number of carboxylic acid groups (broad SMARTS) is 1. The lowest BCUT2D eigenvalue weighted by Gasteiger charge is -2.42. The maximum Gasteiger partial charge on any atom is 0.308 e. The summed E-state index contributed by atoms with van der Waals surface area (Å²) in [6.07, 6.45) is 2.91. The molecule has 0 spiro atoms. The highest BCUT2D eigenvalue weighted by Crippen LogP contribution is 2.47. The van der Waals surface area contributed by atoms with Crippen LogP contribution in [-0.4, -0.2) is 22.7 Å². The van der Waals surface area contributed by atoms with Gasteiger partial charge in [0.15, 0.2) is 0 Å². The fourth-order valence-electron chi connectivity index (χ4n) is 3.88. The predicted molar refractivity (Wildman–Crippen MR) is 74.5 cm³/mol. The highest BCUT2D eigenvalue weighted by atomic mass is 35.5. The van der Waals surface area contributed by atoms with Gasteiger partial charge in [0.25, 0.3) is 0 Å². The molecular weight excluding hydrogens is 262 g/mol. The number of nitrogens with one attached hydrogen (secondary N) is 1. The first-order chi connectivity index (χ1) is 8.99. The molecule has 4 heteroatoms. The van der Waals surface area contributed by atoms with Gasteiger partial charge in [-0.3, -0.25) is 4.79 Å². The van der Waals surface area contributed by atoms with E-state index in [2.05, 4.69) is 5.32 Å². The van der Waals surface area contributed by atoms with Crippen LogP contribution in [0, 0.1) is 5.92 Å². The number of benzene rings is 1. The van der Waals surface area contributed by atoms with Gasteiger partial charge in [-0.2, -0.15) is 0 Å². The SMILES string of the molecule is C[C@@]12CC[C@H](C[C@H](c3ccc(Cl)cc3)C1C(=O)O)N2. The highest BCUT2D eigenvalue weighted by molar-refractivity contribution is 6.30. The average Bonchev–Trinajstić information content (AvgIpc) is 2.65. The van der Waals surface area contributed by atoms with Crippen LogP contribution in [0.3, 0.4) is 0 Å². The number of aliphatic carboxylic acids is 1. The number of rotatable bonds is 2. The quantitative estimate of drug-likeness (QED) is 0.875. The molecule has 1 unspecified atom stereocenters. The van der Waals surface area contributed by atoms with Gasteiger partial charge in [-0.25, -0.2) is 0 Å². The van der Waals surface area contributed by atoms with E-state index in [1.807, 2.05) is 31.2 Å². The predicted octanol–water partition coefficient (Wildman–Crippen LogP) is 3.04. The summed E-state index contributed by atoms with van der Waals surface area (Å²) >= 11 is 5.92. The molecule has 1 aromatic carbocycles. The maximum absolute atomic E-state index is 11.7. The lowest BCUT2D eigenvalue weighted by Crippen LogP contribution is -2.56. The third-order valence-electron chi connectivity index (χ3n) is 4.74. The number of carboxylic acids is 1. The molecule has 3 rings (SSSR count). The molecule has 0 saturated carbocycles. The zero-order chi connectivity index (χ0) is 13.6. The van der Waals surface area contributed by atoms with E-state index in [-0.39, 0.29) is 17.4 Å². The Kier molecular flexibility index (Phi) is 3.06. The second kappa shape index (κ2) is 4.50. The van der Waals surface area contributed by atoms with Crippen molar-refractivity contribution in [2.45, 2.75) is 43.7 Å². The third kappa shape index (κ3) is 2.15. The number of hydrogen-bond donors (Lipinski definition) is 2. The van der Waals surface area contributed by atoms with E-state index in [0.29, 0.717) is 11.1 Å². The number of carbonyl (C=O) groups is 1. The summed E-state index contributed by atoms with van der Waals surface area (Å²) < 4.78 is 0. The Hall–Kier alpha value is -1.06. The van der Waals surface area contributed by atoms with Gasteiger partial charge in [-0.1, -0.05) is 23.7 Å². The van der Waals surface area contributed by atoms with Crippen molar-refractivity contribution in [3.05, 3.63) is 34.9 Å². The second-order valence-corrected chi connectivity index (χ2v) is 6.44. The topological polar surface area (TPSA) is 49.3 Å². The summed E-state index contributed by atoms with van der Waals surface area (Å²) in [7, 11) is 0. The molecule has 2 bridgehead atoms. The van der Waals surface area contributed by atoms with Crippen LogP contribution in [0.2, 0.25) is 5.02 Å². The number of halogens is 1. The molecule has 0 radical (unpaired) electrons. The van der Waals surface area contributed by atoms with Crippen molar-refractivity contribution in [1.82, 2.24) is 5.32 Å². The van der Waals surface area contributed by atoms with E-state index < -0.39 is 5.97 Å². The Morgan fingerprint density at radius 3 is 2.74 bits per heavy atom. The molecule has 2 N–H and O–H groups in total. The minimum atomic E-state index is -0.699. The van der Waals surface area contributed by atoms with Gasteiger partial charge in [-0.15, -0.1) is 0 Å². The van der Waals surface area contributed by atoms with Crippen molar-refractivity contribution < 1.29 is 9.90 Å². The van der Waals surface area contributed by atoms with Crippen molar-refractivity contribution in [3.63, 3.8) is 0 Å². The molecule has 2 fully saturated rings. The Labute approximate surface area is 118 Å². The summed E-state index contributed by atoms with van der Waals surface area (Å²) in [6, 6.07) is 8.08. The van der Waals surface area contributed by atoms with E-state index >= 15 is 0 Å². The Morgan fingerprint density at radius 1 is 1.42 bits per heavy atom. The number of hydrogen-bond acceptors (Lipinski definition) is 2. The summed E-state index contributed by atoms with van der Waals surface area (Å²) in [5.74, 6) is -0.990. The summed E-state index contributed by atoms with van der Waals surface area (Å²) in [4.78, 5) is 11.7. The van der Waals surface area contributed by atoms with Crippen LogP contribution in [0.25, 0.3) is 0 Å². The van der Waals surface area contributed by atoms with Crippen LogP contribution < -0.4 is 5.32 Å². The molecule has 19 heavy (non-hydrogen) atoms. The molecule has 102 valence electrons. The van der Waals surface area contributed by atoms with Crippen LogP contribution in [0.15, 0.2) is 24.3 Å². The van der Waals surface area contributed by atoms with Crippen molar-refractivity contribution >= 4 is 17.6 Å². The van der Waals surface area contributed by atoms with Gasteiger partial charge in [0.1, 0.15) is 0 Å². The molecule has 2 aliphatic heterocycles. The van der Waals surface area contributed by atoms with Crippen molar-refractivity contribution in [2.75, 3.05) is 0 Å². The van der Waals surface area contributed by atoms with Crippen LogP contribution in [0.5, 0.6) is 0 Å².